The van der Waals surface area contributed by atoms with Gasteiger partial charge in [-0.25, -0.2) is 9.13 Å². The summed E-state index contributed by atoms with van der Waals surface area (Å²) in [4.78, 5) is 35.4. The fourth-order valence-corrected chi connectivity index (χ4v) is 2.79. The van der Waals surface area contributed by atoms with Gasteiger partial charge in [-0.1, -0.05) is 36.5 Å². The van der Waals surface area contributed by atoms with Crippen molar-refractivity contribution in [1.29, 1.82) is 0 Å². The van der Waals surface area contributed by atoms with E-state index in [1.54, 1.807) is 0 Å². The Kier molecular flexibility index (Phi) is 22.2. The molecule has 4 N–H and O–H groups in total. The Labute approximate surface area is 174 Å². The molecule has 0 aliphatic rings. The van der Waals surface area contributed by atoms with Gasteiger partial charge in [-0.05, 0) is 0 Å². The summed E-state index contributed by atoms with van der Waals surface area (Å²) in [5.41, 5.74) is 0. The van der Waals surface area contributed by atoms with Gasteiger partial charge in [0.15, 0.2) is 0 Å². The molecule has 168 valence electrons. The van der Waals surface area contributed by atoms with Gasteiger partial charge < -0.3 is 19.6 Å². The molecule has 0 radical (unpaired) electrons. The van der Waals surface area contributed by atoms with Crippen LogP contribution in [0.25, 0.3) is 0 Å². The number of rotatable bonds is 14. The summed E-state index contributed by atoms with van der Waals surface area (Å²) < 4.78 is 22.2. The van der Waals surface area contributed by atoms with E-state index < -0.39 is 15.6 Å². The van der Waals surface area contributed by atoms with E-state index in [9.17, 15) is 9.13 Å². The molecule has 0 saturated carbocycles. The molecule has 0 bridgehead atoms. The van der Waals surface area contributed by atoms with Gasteiger partial charge in [0.25, 0.3) is 0 Å². The van der Waals surface area contributed by atoms with Crippen molar-refractivity contribution in [3.05, 3.63) is 75.9 Å². The predicted molar refractivity (Wildman–Crippen MR) is 119 cm³/mol. The minimum Gasteiger partial charge on any atom is -0.302 e. The summed E-state index contributed by atoms with van der Waals surface area (Å²) in [6, 6.07) is 0. The lowest BCUT2D eigenvalue weighted by molar-refractivity contribution is 0.225. The molecule has 0 aromatic heterocycles. The largest absolute Gasteiger partial charge is 0.478 e. The fraction of sp³-hybridized carbons (Fsp3) is 0.333. The van der Waals surface area contributed by atoms with Gasteiger partial charge >= 0.3 is 15.6 Å². The topological polar surface area (TPSA) is 131 Å². The van der Waals surface area contributed by atoms with Gasteiger partial charge in [-0.2, -0.15) is 4.31 Å². The van der Waals surface area contributed by atoms with Crippen LogP contribution in [0.5, 0.6) is 0 Å². The summed E-state index contributed by atoms with van der Waals surface area (Å²) in [5, 5.41) is 0. The summed E-state index contributed by atoms with van der Waals surface area (Å²) in [5.74, 6) is 0. The molecule has 0 spiro atoms. The lowest BCUT2D eigenvalue weighted by Crippen LogP contribution is -2.23. The third-order valence-corrected chi connectivity index (χ3v) is 4.24. The van der Waals surface area contributed by atoms with Crippen LogP contribution in [0.3, 0.4) is 0 Å². The van der Waals surface area contributed by atoms with Crippen LogP contribution in [-0.4, -0.2) is 68.6 Å². The van der Waals surface area contributed by atoms with Crippen molar-refractivity contribution in [2.75, 3.05) is 39.3 Å². The Balaban J connectivity index is -0.000000350. The van der Waals surface area contributed by atoms with Gasteiger partial charge in [-0.3, -0.25) is 9.80 Å². The Morgan fingerprint density at radius 1 is 0.552 bits per heavy atom. The van der Waals surface area contributed by atoms with Crippen LogP contribution < -0.4 is 0 Å². The van der Waals surface area contributed by atoms with Crippen LogP contribution in [0.4, 0.5) is 0 Å². The minimum atomic E-state index is -5.05. The van der Waals surface area contributed by atoms with Crippen LogP contribution in [0, 0.1) is 0 Å². The van der Waals surface area contributed by atoms with Crippen LogP contribution in [-0.2, 0) is 13.4 Å². The molecule has 9 nitrogen and oxygen atoms in total. The lowest BCUT2D eigenvalue weighted by atomic mass is 10.4. The van der Waals surface area contributed by atoms with E-state index >= 15 is 0 Å². The monoisotopic (exact) mass is 452 g/mol. The Morgan fingerprint density at radius 3 is 0.793 bits per heavy atom. The van der Waals surface area contributed by atoms with Crippen molar-refractivity contribution in [1.82, 2.24) is 9.80 Å². The molecule has 0 aromatic carbocycles. The molecular weight excluding hydrogens is 418 g/mol. The Bertz CT molecular complexity index is 487. The van der Waals surface area contributed by atoms with Crippen molar-refractivity contribution in [2.24, 2.45) is 0 Å². The standard InChI is InChI=1S/2C9H15N.H4O7P2/c2*1-4-7-10(8-5-2)9-6-3;1-8(2,3)7-9(4,5)6/h2*4-6H,1-3,7-9H2;(H2,1,2,3)(H2,4,5,6). The average Bonchev–Trinajstić information content (AvgIpc) is 2.54. The van der Waals surface area contributed by atoms with Crippen LogP contribution in [0.2, 0.25) is 0 Å². The van der Waals surface area contributed by atoms with Crippen LogP contribution >= 0.6 is 15.6 Å². The maximum atomic E-state index is 9.63. The third kappa shape index (κ3) is 31.5. The number of phosphoric acid groups is 2. The van der Waals surface area contributed by atoms with Crippen molar-refractivity contribution >= 4 is 15.6 Å². The van der Waals surface area contributed by atoms with E-state index in [-0.39, 0.29) is 0 Å². The smallest absolute Gasteiger partial charge is 0.302 e. The highest BCUT2D eigenvalue weighted by atomic mass is 31.3. The molecule has 0 amide bonds. The van der Waals surface area contributed by atoms with Crippen molar-refractivity contribution in [3.63, 3.8) is 0 Å². The van der Waals surface area contributed by atoms with Crippen LogP contribution in [0.1, 0.15) is 0 Å². The van der Waals surface area contributed by atoms with Gasteiger partial charge in [0, 0.05) is 39.3 Å². The highest BCUT2D eigenvalue weighted by molar-refractivity contribution is 7.60. The molecule has 0 heterocycles. The van der Waals surface area contributed by atoms with E-state index in [1.165, 1.54) is 0 Å². The van der Waals surface area contributed by atoms with Crippen molar-refractivity contribution in [2.45, 2.75) is 0 Å². The first-order valence-corrected chi connectivity index (χ1v) is 11.4. The van der Waals surface area contributed by atoms with E-state index in [2.05, 4.69) is 53.6 Å². The van der Waals surface area contributed by atoms with Crippen molar-refractivity contribution in [3.8, 4) is 0 Å². The second-order valence-corrected chi connectivity index (χ2v) is 7.85. The molecule has 0 aliphatic carbocycles. The maximum Gasteiger partial charge on any atom is 0.478 e. The minimum absolute atomic E-state index is 0.901. The molecule has 0 aromatic rings. The lowest BCUT2D eigenvalue weighted by Gasteiger charge is -2.15. The average molecular weight is 452 g/mol. The second kappa shape index (κ2) is 19.9. The normalized spacial score (nSPS) is 10.7. The Hall–Kier alpha value is -1.38. The fourth-order valence-electron chi connectivity index (χ4n) is 1.68. The summed E-state index contributed by atoms with van der Waals surface area (Å²) in [6.45, 7) is 27.3. The van der Waals surface area contributed by atoms with Crippen molar-refractivity contribution < 1.29 is 33.0 Å². The van der Waals surface area contributed by atoms with E-state index in [0.717, 1.165) is 39.3 Å². The summed E-state index contributed by atoms with van der Waals surface area (Å²) in [6.07, 6.45) is 11.3. The number of nitrogens with zero attached hydrogens (tertiary/aromatic N) is 2. The molecular formula is C18H34N2O7P2. The zero-order valence-corrected chi connectivity index (χ0v) is 18.5. The van der Waals surface area contributed by atoms with Crippen LogP contribution in [0.15, 0.2) is 75.9 Å². The molecule has 0 saturated heterocycles. The van der Waals surface area contributed by atoms with Gasteiger partial charge in [-0.15, -0.1) is 39.5 Å². The van der Waals surface area contributed by atoms with E-state index in [0.29, 0.717) is 0 Å². The van der Waals surface area contributed by atoms with Gasteiger partial charge in [0.1, 0.15) is 0 Å². The van der Waals surface area contributed by atoms with E-state index in [4.69, 9.17) is 19.6 Å². The Morgan fingerprint density at radius 2 is 0.724 bits per heavy atom. The summed E-state index contributed by atoms with van der Waals surface area (Å²) >= 11 is 0. The molecule has 0 aliphatic heterocycles. The molecule has 11 heteroatoms. The number of hydrogen-bond acceptors (Lipinski definition) is 5. The summed E-state index contributed by atoms with van der Waals surface area (Å²) in [7, 11) is -10.1. The van der Waals surface area contributed by atoms with E-state index in [1.807, 2.05) is 36.5 Å². The zero-order chi connectivity index (χ0) is 23.3. The number of hydrogen-bond donors (Lipinski definition) is 4. The first-order chi connectivity index (χ1) is 13.4. The molecule has 0 atom stereocenters. The highest BCUT2D eigenvalue weighted by Crippen LogP contribution is 2.53. The SMILES string of the molecule is C=CCN(CC=C)CC=C.C=CCN(CC=C)CC=C.O=P(O)(O)OP(=O)(O)O. The molecule has 0 rings (SSSR count). The van der Waals surface area contributed by atoms with Gasteiger partial charge in [0.05, 0.1) is 0 Å². The first-order valence-electron chi connectivity index (χ1n) is 8.33. The second-order valence-electron chi connectivity index (χ2n) is 5.23. The molecule has 29 heavy (non-hydrogen) atoms. The molecule has 0 fully saturated rings. The predicted octanol–water partition coefficient (Wildman–Crippen LogP) is 2.88. The first kappa shape index (κ1) is 32.3. The third-order valence-electron chi connectivity index (χ3n) is 2.54. The van der Waals surface area contributed by atoms with Gasteiger partial charge in [0.2, 0.25) is 0 Å². The quantitative estimate of drug-likeness (QED) is 0.232. The zero-order valence-electron chi connectivity index (χ0n) is 16.8. The molecule has 0 unspecified atom stereocenters. The maximum absolute atomic E-state index is 9.63. The highest BCUT2D eigenvalue weighted by Gasteiger charge is 2.27.